The summed E-state index contributed by atoms with van der Waals surface area (Å²) in [5.41, 5.74) is 3.06. The fourth-order valence-corrected chi connectivity index (χ4v) is 6.15. The van der Waals surface area contributed by atoms with Crippen molar-refractivity contribution < 1.29 is 14.3 Å². The van der Waals surface area contributed by atoms with Gasteiger partial charge in [0.2, 0.25) is 11.8 Å². The van der Waals surface area contributed by atoms with Gasteiger partial charge < -0.3 is 19.7 Å². The molecule has 13 nitrogen and oxygen atoms in total. The topological polar surface area (TPSA) is 137 Å². The quantitative estimate of drug-likeness (QED) is 0.248. The lowest BCUT2D eigenvalue weighted by atomic mass is 9.98. The van der Waals surface area contributed by atoms with Crippen molar-refractivity contribution in [1.29, 1.82) is 3.84 Å². The Bertz CT molecular complexity index is 2040. The fraction of sp³-hybridized carbons (Fsp3) is 0.343. The van der Waals surface area contributed by atoms with E-state index in [1.54, 1.807) is 58.5 Å². The first kappa shape index (κ1) is 30.1. The van der Waals surface area contributed by atoms with E-state index in [2.05, 4.69) is 49.3 Å². The third-order valence-electron chi connectivity index (χ3n) is 8.81. The summed E-state index contributed by atoms with van der Waals surface area (Å²) in [6.07, 6.45) is 17.8. The molecule has 8 rings (SSSR count). The smallest absolute Gasteiger partial charge is 0.254 e. The van der Waals surface area contributed by atoms with Crippen molar-refractivity contribution in [2.75, 3.05) is 13.1 Å². The molecule has 6 aromatic rings. The molecule has 2 aliphatic rings. The number of rotatable bonds is 6. The number of hydrogen-bond acceptors (Lipinski definition) is 10. The highest BCUT2D eigenvalue weighted by atomic mass is 31.0. The molecule has 5 aromatic heterocycles. The summed E-state index contributed by atoms with van der Waals surface area (Å²) in [4.78, 5) is 32.7. The minimum absolute atomic E-state index is 0.0422. The molecule has 0 unspecified atom stereocenters. The van der Waals surface area contributed by atoms with E-state index < -0.39 is 9.73 Å². The Balaban J connectivity index is 0.000000185. The Morgan fingerprint density at radius 3 is 2.08 bits per heavy atom. The minimum atomic E-state index is -1.87. The van der Waals surface area contributed by atoms with Gasteiger partial charge in [0, 0.05) is 61.4 Å². The maximum Gasteiger partial charge on any atom is 0.254 e. The Labute approximate surface area is 291 Å². The lowest BCUT2D eigenvalue weighted by Crippen LogP contribution is -2.49. The molecule has 1 amide bonds. The lowest BCUT2D eigenvalue weighted by Gasteiger charge is -2.38. The molecule has 1 N–H and O–H groups in total. The van der Waals surface area contributed by atoms with Gasteiger partial charge in [0.1, 0.15) is 23.2 Å². The zero-order valence-electron chi connectivity index (χ0n) is 30.4. The van der Waals surface area contributed by atoms with Gasteiger partial charge in [-0.15, -0.1) is 0 Å². The summed E-state index contributed by atoms with van der Waals surface area (Å²) < 4.78 is 33.6. The molecular formula is C35H41N10O3P. The zero-order valence-corrected chi connectivity index (χ0v) is 28.3. The molecule has 1 aromatic carbocycles. The third-order valence-corrected chi connectivity index (χ3v) is 8.81. The summed E-state index contributed by atoms with van der Waals surface area (Å²) in [5.74, 6) is 1.70. The molecule has 0 aliphatic carbocycles. The molecule has 4 atom stereocenters. The zero-order chi connectivity index (χ0) is 36.5. The molecule has 254 valence electrons. The second kappa shape index (κ2) is 15.5. The molecule has 7 heterocycles. The van der Waals surface area contributed by atoms with Gasteiger partial charge in [0.05, 0.1) is 28.3 Å². The Morgan fingerprint density at radius 1 is 0.796 bits per heavy atom. The van der Waals surface area contributed by atoms with Crippen molar-refractivity contribution >= 4 is 26.7 Å². The maximum absolute atomic E-state index is 13.6. The molecule has 14 heteroatoms. The maximum atomic E-state index is 13.6. The number of nitrogens with one attached hydrogen (secondary N) is 1. The van der Waals surface area contributed by atoms with Crippen LogP contribution in [0.15, 0.2) is 92.0 Å². The number of benzene rings is 1. The van der Waals surface area contributed by atoms with Crippen LogP contribution in [0.4, 0.5) is 0 Å². The first-order chi connectivity index (χ1) is 25.3. The molecule has 0 saturated carbocycles. The highest BCUT2D eigenvalue weighted by molar-refractivity contribution is 6.92. The van der Waals surface area contributed by atoms with E-state index in [0.29, 0.717) is 35.7 Å². The van der Waals surface area contributed by atoms with Crippen LogP contribution in [0.3, 0.4) is 0 Å². The highest BCUT2D eigenvalue weighted by Crippen LogP contribution is 2.28. The van der Waals surface area contributed by atoms with Crippen molar-refractivity contribution in [3.05, 3.63) is 97.6 Å². The number of aromatic nitrogens is 8. The molecular weight excluding hydrogens is 639 g/mol. The molecule has 2 aliphatic heterocycles. The largest absolute Gasteiger partial charge is 0.471 e. The minimum Gasteiger partial charge on any atom is -0.471 e. The second-order valence-corrected chi connectivity index (χ2v) is 12.2. The Hall–Kier alpha value is -5.00. The van der Waals surface area contributed by atoms with Crippen LogP contribution in [0.25, 0.3) is 22.4 Å². The number of amides is 1. The lowest BCUT2D eigenvalue weighted by molar-refractivity contribution is 0.0376. The van der Waals surface area contributed by atoms with E-state index in [-0.39, 0.29) is 24.2 Å². The van der Waals surface area contributed by atoms with Gasteiger partial charge in [-0.2, -0.15) is 19.9 Å². The number of ether oxygens (including phenoxy) is 2. The first-order valence-corrected chi connectivity index (χ1v) is 16.3. The molecule has 0 bridgehead atoms. The second-order valence-electron chi connectivity index (χ2n) is 12.2. The van der Waals surface area contributed by atoms with Crippen molar-refractivity contribution in [3.63, 3.8) is 0 Å². The van der Waals surface area contributed by atoms with Gasteiger partial charge in [0.15, 0.2) is 5.82 Å². The van der Waals surface area contributed by atoms with Crippen molar-refractivity contribution in [2.45, 2.75) is 63.8 Å². The van der Waals surface area contributed by atoms with Crippen LogP contribution < -0.4 is 14.8 Å². The van der Waals surface area contributed by atoms with Crippen molar-refractivity contribution in [1.82, 2.24) is 49.4 Å². The van der Waals surface area contributed by atoms with E-state index in [1.807, 2.05) is 47.5 Å². The fourth-order valence-electron chi connectivity index (χ4n) is 6.15. The Morgan fingerprint density at radius 2 is 1.43 bits per heavy atom. The SMILES string of the molecule is C[C@@H]1CC[C@@H](Oc2nccn3nccc23)CN1.C[C@@H]1CC[C@@H](Oc2nccn3nccc23)CN1C(=O)c1ccccc1-c1ncccn1.[3H]P([3H])[3H]. The standard InChI is InChI=1S/C23H22N6O2.C12H16N4O.H3P/c1-16-7-8-17(31-22-20-9-12-27-29(20)14-13-26-22)15-28(16)23(30)19-6-3-2-5-18(19)21-24-10-4-11-25-21;1-9-2-3-10(8-14-9)17-12-11-4-5-15-16(11)7-6-13-12;/h2-6,9-14,16-17H,7-8,15H2,1H3;4-7,9-10,14H,2-3,8H2,1H3;1H3/t16-,17-;9-,10-;/m11./s1/i;;1T3. The Kier molecular flexibility index (Phi) is 9.51. The monoisotopic (exact) mass is 686 g/mol. The molecule has 0 spiro atoms. The van der Waals surface area contributed by atoms with E-state index in [4.69, 9.17) is 13.3 Å². The van der Waals surface area contributed by atoms with E-state index in [1.165, 1.54) is 0 Å². The number of likely N-dealkylation sites (tertiary alicyclic amines) is 1. The van der Waals surface area contributed by atoms with Crippen LogP contribution in [0.5, 0.6) is 11.8 Å². The predicted octanol–water partition coefficient (Wildman–Crippen LogP) is 4.57. The van der Waals surface area contributed by atoms with Crippen LogP contribution in [0, 0.1) is 0 Å². The van der Waals surface area contributed by atoms with Crippen molar-refractivity contribution in [2.24, 2.45) is 0 Å². The number of nitrogens with zero attached hydrogens (tertiary/aromatic N) is 9. The van der Waals surface area contributed by atoms with Gasteiger partial charge in [-0.05, 0) is 63.8 Å². The molecule has 2 saturated heterocycles. The summed E-state index contributed by atoms with van der Waals surface area (Å²) in [7, 11) is -1.87. The van der Waals surface area contributed by atoms with Gasteiger partial charge in [-0.25, -0.2) is 29.0 Å². The molecule has 49 heavy (non-hydrogen) atoms. The van der Waals surface area contributed by atoms with Crippen molar-refractivity contribution in [3.8, 4) is 23.1 Å². The number of carbonyl (C=O) groups excluding carboxylic acids is 1. The van der Waals surface area contributed by atoms with Crippen LogP contribution in [-0.4, -0.2) is 91.2 Å². The van der Waals surface area contributed by atoms with E-state index in [9.17, 15) is 4.79 Å². The third kappa shape index (κ3) is 7.68. The normalized spacial score (nSPS) is 21.4. The van der Waals surface area contributed by atoms with Gasteiger partial charge in [-0.3, -0.25) is 4.79 Å². The number of hydrogen-bond donors (Lipinski definition) is 1. The number of fused-ring (bicyclic) bond motifs is 2. The average Bonchev–Trinajstić information content (AvgIpc) is 3.85. The predicted molar refractivity (Wildman–Crippen MR) is 190 cm³/mol. The molecule has 2 fully saturated rings. The number of piperidine rings is 2. The first-order valence-electron chi connectivity index (χ1n) is 17.7. The van der Waals surface area contributed by atoms with Crippen LogP contribution >= 0.6 is 9.73 Å². The average molecular weight is 687 g/mol. The highest BCUT2D eigenvalue weighted by Gasteiger charge is 2.32. The van der Waals surface area contributed by atoms with Gasteiger partial charge in [-0.1, -0.05) is 18.2 Å². The number of carbonyl (C=O) groups is 1. The van der Waals surface area contributed by atoms with E-state index in [0.717, 1.165) is 48.8 Å². The van der Waals surface area contributed by atoms with E-state index >= 15 is 0 Å². The van der Waals surface area contributed by atoms with Gasteiger partial charge in [0.25, 0.3) is 5.91 Å². The van der Waals surface area contributed by atoms with Crippen LogP contribution in [0.1, 0.15) is 49.9 Å². The van der Waals surface area contributed by atoms with Gasteiger partial charge >= 0.3 is 0 Å². The van der Waals surface area contributed by atoms with Crippen LogP contribution in [0.2, 0.25) is 0 Å². The van der Waals surface area contributed by atoms with Crippen LogP contribution in [-0.2, 0) is 0 Å². The molecule has 0 radical (unpaired) electrons. The summed E-state index contributed by atoms with van der Waals surface area (Å²) in [5, 5.41) is 11.8. The summed E-state index contributed by atoms with van der Waals surface area (Å²) in [6, 6.07) is 13.7. The summed E-state index contributed by atoms with van der Waals surface area (Å²) in [6.45, 7) is 5.65. The summed E-state index contributed by atoms with van der Waals surface area (Å²) >= 11 is 0.